The molecule has 12 heteroatoms. The first-order valence-corrected chi connectivity index (χ1v) is 16.6. The zero-order valence-corrected chi connectivity index (χ0v) is 28.8. The molecule has 0 radical (unpaired) electrons. The number of fused-ring (bicyclic) bond motifs is 4. The van der Waals surface area contributed by atoms with Crippen molar-refractivity contribution in [2.75, 3.05) is 28.3 Å². The number of hydrogen-bond acceptors (Lipinski definition) is 11. The maximum atomic E-state index is 14.7. The Morgan fingerprint density at radius 3 is 2.18 bits per heavy atom. The smallest absolute Gasteiger partial charge is 0.265 e. The van der Waals surface area contributed by atoms with E-state index in [1.807, 2.05) is 60.7 Å². The summed E-state index contributed by atoms with van der Waals surface area (Å²) in [5.41, 5.74) is 0.252. The van der Waals surface area contributed by atoms with Crippen LogP contribution in [-0.4, -0.2) is 65.8 Å². The van der Waals surface area contributed by atoms with Crippen LogP contribution in [0.25, 0.3) is 5.76 Å². The minimum atomic E-state index is -2.54. The predicted molar refractivity (Wildman–Crippen MR) is 182 cm³/mol. The van der Waals surface area contributed by atoms with Crippen molar-refractivity contribution in [2.45, 2.75) is 44.0 Å². The van der Waals surface area contributed by atoms with Crippen LogP contribution in [-0.2, 0) is 33.9 Å². The van der Waals surface area contributed by atoms with Gasteiger partial charge in [-0.3, -0.25) is 14.5 Å². The number of carbonyl (C=O) groups excluding carboxylic acids is 2. The van der Waals surface area contributed by atoms with Crippen LogP contribution in [0.4, 0.5) is 0 Å². The molecule has 3 aliphatic carbocycles. The second kappa shape index (κ2) is 13.3. The summed E-state index contributed by atoms with van der Waals surface area (Å²) < 4.78 is 29.0. The lowest BCUT2D eigenvalue weighted by Crippen LogP contribution is -2.63. The van der Waals surface area contributed by atoms with Gasteiger partial charge in [-0.15, -0.1) is 0 Å². The van der Waals surface area contributed by atoms with Crippen LogP contribution in [0, 0.1) is 11.8 Å². The molecule has 4 aromatic rings. The predicted octanol–water partition coefficient (Wildman–Crippen LogP) is 6.04. The number of aliphatic hydroxyl groups excluding tert-OH is 1. The van der Waals surface area contributed by atoms with Crippen LogP contribution >= 0.6 is 11.6 Å². The molecule has 0 bridgehead atoms. The van der Waals surface area contributed by atoms with E-state index in [1.54, 1.807) is 25.1 Å². The molecule has 1 saturated carbocycles. The molecule has 7 rings (SSSR count). The van der Waals surface area contributed by atoms with E-state index in [4.69, 9.17) is 35.1 Å². The molecule has 1 fully saturated rings. The van der Waals surface area contributed by atoms with Crippen molar-refractivity contribution in [2.24, 2.45) is 11.8 Å². The molecule has 1 aromatic heterocycles. The highest BCUT2D eigenvalue weighted by Gasteiger charge is 2.65. The Bertz CT molecular complexity index is 1970. The van der Waals surface area contributed by atoms with Gasteiger partial charge < -0.3 is 33.7 Å². The number of ketones is 2. The molecule has 3 aliphatic rings. The lowest BCUT2D eigenvalue weighted by molar-refractivity contribution is -0.142. The van der Waals surface area contributed by atoms with Crippen LogP contribution in [0.5, 0.6) is 11.6 Å². The topological polar surface area (TPSA) is 141 Å². The number of nitrogens with zero attached hydrogens (tertiary/aromatic N) is 2. The van der Waals surface area contributed by atoms with Gasteiger partial charge in [-0.05, 0) is 60.8 Å². The summed E-state index contributed by atoms with van der Waals surface area (Å²) in [6.45, 7) is 0.234. The Morgan fingerprint density at radius 2 is 1.58 bits per heavy atom. The number of ether oxygens (including phenoxy) is 4. The Kier molecular flexibility index (Phi) is 9.04. The van der Waals surface area contributed by atoms with E-state index in [1.165, 1.54) is 14.2 Å². The fraction of sp³-hybridized carbons (Fsp3) is 0.342. The molecule has 0 unspecified atom stereocenters. The normalized spacial score (nSPS) is 22.7. The molecule has 0 saturated heterocycles. The minimum Gasteiger partial charge on any atom is -0.507 e. The summed E-state index contributed by atoms with van der Waals surface area (Å²) in [4.78, 5) is 30.8. The highest BCUT2D eigenvalue weighted by Crippen LogP contribution is 2.57. The zero-order chi connectivity index (χ0) is 35.3. The molecule has 0 spiro atoms. The van der Waals surface area contributed by atoms with Gasteiger partial charge in [0.05, 0.1) is 16.6 Å². The standard InChI is InChI=1S/C38H37ClN2O9/c1-41(2)31-25-16-22-15-23-28(26(48-18-20-11-7-5-8-12-20)17-24(30(23)39)37(46-3)47-4)32(42)27(22)34(43)38(25,45)35(44)29-33(31)50-40-36(29)49-19-21-13-9-6-10-14-21/h5-14,17,22,25,31,37,42,45H,15-16,18-19H2,1-4H3/t22-,25-,31-,38-/m0/s1. The third kappa shape index (κ3) is 5.41. The molecule has 3 aromatic carbocycles. The van der Waals surface area contributed by atoms with E-state index >= 15 is 0 Å². The van der Waals surface area contributed by atoms with E-state index in [2.05, 4.69) is 5.16 Å². The Labute approximate surface area is 293 Å². The van der Waals surface area contributed by atoms with Crippen molar-refractivity contribution in [1.29, 1.82) is 0 Å². The van der Waals surface area contributed by atoms with Gasteiger partial charge in [0.25, 0.3) is 5.88 Å². The number of carbonyl (C=O) groups is 2. The monoisotopic (exact) mass is 700 g/mol. The third-order valence-corrected chi connectivity index (χ3v) is 10.4. The molecule has 0 aliphatic heterocycles. The SMILES string of the molecule is COC(OC)c1cc(OCc2ccccc2)c2c(c1Cl)C[C@H]1C[C@H]3[C@H](N(C)C)c4onc(OCc5ccccc5)c4C(=O)[C@@]3(O)C(=O)C1=C2O. The molecule has 50 heavy (non-hydrogen) atoms. The quantitative estimate of drug-likeness (QED) is 0.148. The van der Waals surface area contributed by atoms with Crippen LogP contribution in [0.2, 0.25) is 5.02 Å². The Morgan fingerprint density at radius 1 is 0.960 bits per heavy atom. The largest absolute Gasteiger partial charge is 0.507 e. The fourth-order valence-corrected chi connectivity index (χ4v) is 7.99. The van der Waals surface area contributed by atoms with Gasteiger partial charge in [0.1, 0.15) is 30.3 Å². The second-order valence-corrected chi connectivity index (χ2v) is 13.4. The van der Waals surface area contributed by atoms with Crippen LogP contribution < -0.4 is 9.47 Å². The van der Waals surface area contributed by atoms with Crippen molar-refractivity contribution >= 4 is 28.9 Å². The van der Waals surface area contributed by atoms with E-state index < -0.39 is 47.1 Å². The summed E-state index contributed by atoms with van der Waals surface area (Å²) in [6.07, 6.45) is -0.478. The van der Waals surface area contributed by atoms with Crippen LogP contribution in [0.1, 0.15) is 62.7 Å². The fourth-order valence-electron chi connectivity index (χ4n) is 7.67. The Balaban J connectivity index is 1.33. The van der Waals surface area contributed by atoms with Crippen molar-refractivity contribution in [3.05, 3.63) is 116 Å². The van der Waals surface area contributed by atoms with Crippen molar-refractivity contribution < 1.29 is 43.3 Å². The Hall–Kier alpha value is -4.52. The molecule has 1 heterocycles. The number of hydrogen-bond donors (Lipinski definition) is 2. The van der Waals surface area contributed by atoms with E-state index in [0.29, 0.717) is 16.1 Å². The molecular formula is C38H37ClN2O9. The number of aromatic nitrogens is 1. The number of rotatable bonds is 10. The number of aliphatic hydroxyl groups is 2. The molecule has 11 nitrogen and oxygen atoms in total. The van der Waals surface area contributed by atoms with Crippen molar-refractivity contribution in [3.63, 3.8) is 0 Å². The minimum absolute atomic E-state index is 0.0582. The molecule has 0 amide bonds. The van der Waals surface area contributed by atoms with Gasteiger partial charge in [0.2, 0.25) is 11.6 Å². The number of Topliss-reactive ketones (excluding diaryl/α,β-unsaturated/α-hetero) is 2. The first-order valence-electron chi connectivity index (χ1n) is 16.3. The van der Waals surface area contributed by atoms with Crippen LogP contribution in [0.3, 0.4) is 0 Å². The van der Waals surface area contributed by atoms with Gasteiger partial charge in [0, 0.05) is 31.3 Å². The molecular weight excluding hydrogens is 664 g/mol. The first kappa shape index (κ1) is 34.0. The number of halogens is 1. The van der Waals surface area contributed by atoms with Crippen LogP contribution in [0.15, 0.2) is 76.8 Å². The lowest BCUT2D eigenvalue weighted by Gasteiger charge is -2.49. The summed E-state index contributed by atoms with van der Waals surface area (Å²) in [6, 6.07) is 19.7. The molecule has 260 valence electrons. The summed E-state index contributed by atoms with van der Waals surface area (Å²) in [7, 11) is 6.52. The van der Waals surface area contributed by atoms with Gasteiger partial charge in [-0.25, -0.2) is 0 Å². The van der Waals surface area contributed by atoms with Gasteiger partial charge in [0.15, 0.2) is 17.7 Å². The average molecular weight is 701 g/mol. The second-order valence-electron chi connectivity index (χ2n) is 13.0. The van der Waals surface area contributed by atoms with Crippen molar-refractivity contribution in [1.82, 2.24) is 10.1 Å². The molecule has 2 N–H and O–H groups in total. The summed E-state index contributed by atoms with van der Waals surface area (Å²) >= 11 is 7.03. The maximum absolute atomic E-state index is 14.7. The van der Waals surface area contributed by atoms with E-state index in [9.17, 15) is 19.8 Å². The van der Waals surface area contributed by atoms with Gasteiger partial charge >= 0.3 is 0 Å². The number of benzene rings is 3. The van der Waals surface area contributed by atoms with Gasteiger partial charge in [-0.2, -0.15) is 0 Å². The lowest BCUT2D eigenvalue weighted by atomic mass is 9.57. The highest BCUT2D eigenvalue weighted by atomic mass is 35.5. The van der Waals surface area contributed by atoms with E-state index in [-0.39, 0.29) is 60.1 Å². The first-order chi connectivity index (χ1) is 24.1. The highest BCUT2D eigenvalue weighted by molar-refractivity contribution is 6.33. The summed E-state index contributed by atoms with van der Waals surface area (Å²) in [5.74, 6) is -3.38. The number of methoxy groups -OCH3 is 2. The average Bonchev–Trinajstić information content (AvgIpc) is 3.54. The van der Waals surface area contributed by atoms with Crippen molar-refractivity contribution in [3.8, 4) is 11.6 Å². The summed E-state index contributed by atoms with van der Waals surface area (Å²) in [5, 5.41) is 28.8. The third-order valence-electron chi connectivity index (χ3n) is 9.97. The maximum Gasteiger partial charge on any atom is 0.265 e. The van der Waals surface area contributed by atoms with E-state index in [0.717, 1.165) is 11.1 Å². The van der Waals surface area contributed by atoms with Gasteiger partial charge in [-0.1, -0.05) is 72.3 Å². The zero-order valence-electron chi connectivity index (χ0n) is 28.0. The molecule has 4 atom stereocenters.